The van der Waals surface area contributed by atoms with Gasteiger partial charge < -0.3 is 10.1 Å². The number of hydrogen-bond donors (Lipinski definition) is 1. The monoisotopic (exact) mass is 356 g/mol. The van der Waals surface area contributed by atoms with Crippen LogP contribution in [0.15, 0.2) is 35.7 Å². The van der Waals surface area contributed by atoms with Crippen molar-refractivity contribution in [1.29, 1.82) is 0 Å². The van der Waals surface area contributed by atoms with Crippen LogP contribution >= 0.6 is 11.3 Å². The van der Waals surface area contributed by atoms with Crippen molar-refractivity contribution in [2.45, 2.75) is 26.7 Å². The zero-order valence-electron chi connectivity index (χ0n) is 14.4. The third-order valence-corrected chi connectivity index (χ3v) is 4.43. The lowest BCUT2D eigenvalue weighted by Gasteiger charge is -2.05. The molecule has 6 nitrogen and oxygen atoms in total. The van der Waals surface area contributed by atoms with Crippen LogP contribution in [0, 0.1) is 6.92 Å². The molecule has 1 aromatic carbocycles. The van der Waals surface area contributed by atoms with E-state index in [-0.39, 0.29) is 5.91 Å². The van der Waals surface area contributed by atoms with Crippen molar-refractivity contribution >= 4 is 23.1 Å². The van der Waals surface area contributed by atoms with Gasteiger partial charge in [-0.25, -0.2) is 4.98 Å². The number of ether oxygens (including phenoxy) is 1. The highest BCUT2D eigenvalue weighted by Crippen LogP contribution is 2.28. The van der Waals surface area contributed by atoms with E-state index in [0.29, 0.717) is 17.4 Å². The number of aromatic nitrogens is 3. The zero-order valence-corrected chi connectivity index (χ0v) is 15.3. The summed E-state index contributed by atoms with van der Waals surface area (Å²) in [4.78, 5) is 16.6. The zero-order chi connectivity index (χ0) is 17.8. The Labute approximate surface area is 150 Å². The van der Waals surface area contributed by atoms with E-state index < -0.39 is 0 Å². The second-order valence-electron chi connectivity index (χ2n) is 5.63. The van der Waals surface area contributed by atoms with E-state index >= 15 is 0 Å². The maximum absolute atomic E-state index is 11.9. The van der Waals surface area contributed by atoms with E-state index in [1.165, 1.54) is 11.3 Å². The van der Waals surface area contributed by atoms with Gasteiger partial charge in [-0.1, -0.05) is 19.1 Å². The smallest absolute Gasteiger partial charge is 0.225 e. The van der Waals surface area contributed by atoms with Gasteiger partial charge in [0.1, 0.15) is 11.6 Å². The molecule has 0 aliphatic rings. The first kappa shape index (κ1) is 17.2. The first-order chi connectivity index (χ1) is 12.1. The summed E-state index contributed by atoms with van der Waals surface area (Å²) in [6.45, 7) is 3.87. The molecule has 0 spiro atoms. The molecule has 0 aliphatic heterocycles. The van der Waals surface area contributed by atoms with Gasteiger partial charge in [0.05, 0.1) is 18.5 Å². The molecule has 0 saturated heterocycles. The van der Waals surface area contributed by atoms with Crippen LogP contribution in [0.3, 0.4) is 0 Å². The van der Waals surface area contributed by atoms with Crippen LogP contribution in [-0.2, 0) is 4.79 Å². The second-order valence-corrected chi connectivity index (χ2v) is 6.46. The fraction of sp³-hybridized carbons (Fsp3) is 0.278. The van der Waals surface area contributed by atoms with Crippen molar-refractivity contribution < 1.29 is 9.53 Å². The quantitative estimate of drug-likeness (QED) is 0.723. The number of hydrogen-bond acceptors (Lipinski definition) is 5. The van der Waals surface area contributed by atoms with E-state index in [4.69, 9.17) is 4.74 Å². The molecule has 7 heteroatoms. The number of carbonyl (C=O) groups is 1. The molecule has 1 N–H and O–H groups in total. The van der Waals surface area contributed by atoms with Crippen LogP contribution in [0.2, 0.25) is 0 Å². The highest BCUT2D eigenvalue weighted by Gasteiger charge is 2.14. The van der Waals surface area contributed by atoms with Gasteiger partial charge in [0.15, 0.2) is 0 Å². The largest absolute Gasteiger partial charge is 0.497 e. The van der Waals surface area contributed by atoms with E-state index in [1.54, 1.807) is 11.8 Å². The number of thiazole rings is 1. The fourth-order valence-electron chi connectivity index (χ4n) is 2.44. The Morgan fingerprint density at radius 2 is 2.20 bits per heavy atom. The van der Waals surface area contributed by atoms with Crippen LogP contribution in [0.5, 0.6) is 5.75 Å². The topological polar surface area (TPSA) is 69.0 Å². The number of methoxy groups -OCH3 is 1. The van der Waals surface area contributed by atoms with Crippen molar-refractivity contribution in [2.24, 2.45) is 0 Å². The van der Waals surface area contributed by atoms with Crippen LogP contribution in [0.4, 0.5) is 5.82 Å². The summed E-state index contributed by atoms with van der Waals surface area (Å²) in [6.07, 6.45) is 1.29. The van der Waals surface area contributed by atoms with Gasteiger partial charge in [-0.05, 0) is 25.5 Å². The van der Waals surface area contributed by atoms with Gasteiger partial charge in [0.25, 0.3) is 0 Å². The van der Waals surface area contributed by atoms with E-state index in [2.05, 4.69) is 15.4 Å². The summed E-state index contributed by atoms with van der Waals surface area (Å²) < 4.78 is 6.95. The van der Waals surface area contributed by atoms with E-state index in [9.17, 15) is 4.79 Å². The molecule has 2 aromatic heterocycles. The van der Waals surface area contributed by atoms with Crippen molar-refractivity contribution in [3.05, 3.63) is 41.4 Å². The number of rotatable bonds is 6. The van der Waals surface area contributed by atoms with Crippen LogP contribution in [-0.4, -0.2) is 27.8 Å². The summed E-state index contributed by atoms with van der Waals surface area (Å²) in [6, 6.07) is 9.60. The maximum atomic E-state index is 11.9. The molecule has 25 heavy (non-hydrogen) atoms. The number of aryl methyl sites for hydroxylation is 1. The molecule has 0 atom stereocenters. The predicted octanol–water partition coefficient (Wildman–Crippen LogP) is 4.05. The standard InChI is InChI=1S/C18H20N4O2S/c1-4-6-17(23)20-16-9-12(2)21-22(16)18-19-15(11-25-18)13-7-5-8-14(10-13)24-3/h5,7-11H,4,6H2,1-3H3,(H,20,23). The van der Waals surface area contributed by atoms with Crippen molar-refractivity contribution in [3.8, 4) is 22.1 Å². The number of amides is 1. The molecule has 130 valence electrons. The number of nitrogens with one attached hydrogen (secondary N) is 1. The lowest BCUT2D eigenvalue weighted by Crippen LogP contribution is -2.14. The van der Waals surface area contributed by atoms with Crippen LogP contribution in [0.25, 0.3) is 16.4 Å². The third-order valence-electron chi connectivity index (χ3n) is 3.61. The van der Waals surface area contributed by atoms with E-state index in [0.717, 1.165) is 29.1 Å². The highest BCUT2D eigenvalue weighted by molar-refractivity contribution is 7.12. The van der Waals surface area contributed by atoms with Gasteiger partial charge in [0.2, 0.25) is 11.0 Å². The predicted molar refractivity (Wildman–Crippen MR) is 99.5 cm³/mol. The Morgan fingerprint density at radius 1 is 1.36 bits per heavy atom. The number of benzene rings is 1. The average molecular weight is 356 g/mol. The molecule has 0 radical (unpaired) electrons. The van der Waals surface area contributed by atoms with Crippen molar-refractivity contribution in [1.82, 2.24) is 14.8 Å². The first-order valence-corrected chi connectivity index (χ1v) is 8.95. The normalized spacial score (nSPS) is 10.7. The van der Waals surface area contributed by atoms with Crippen LogP contribution in [0.1, 0.15) is 25.5 Å². The minimum Gasteiger partial charge on any atom is -0.497 e. The summed E-state index contributed by atoms with van der Waals surface area (Å²) in [5, 5.41) is 10.0. The number of nitrogens with zero attached hydrogens (tertiary/aromatic N) is 3. The molecule has 0 unspecified atom stereocenters. The van der Waals surface area contributed by atoms with Gasteiger partial charge in [0, 0.05) is 23.4 Å². The maximum Gasteiger partial charge on any atom is 0.225 e. The third kappa shape index (κ3) is 3.88. The molecule has 2 heterocycles. The van der Waals surface area contributed by atoms with Crippen molar-refractivity contribution in [3.63, 3.8) is 0 Å². The number of anilines is 1. The molecular weight excluding hydrogens is 336 g/mol. The Hall–Kier alpha value is -2.67. The summed E-state index contributed by atoms with van der Waals surface area (Å²) in [5.74, 6) is 1.41. The highest BCUT2D eigenvalue weighted by atomic mass is 32.1. The molecule has 3 aromatic rings. The molecule has 0 saturated carbocycles. The van der Waals surface area contributed by atoms with Crippen molar-refractivity contribution in [2.75, 3.05) is 12.4 Å². The Balaban J connectivity index is 1.90. The summed E-state index contributed by atoms with van der Waals surface area (Å²) >= 11 is 1.48. The lowest BCUT2D eigenvalue weighted by atomic mass is 10.2. The summed E-state index contributed by atoms with van der Waals surface area (Å²) in [7, 11) is 1.64. The average Bonchev–Trinajstić information content (AvgIpc) is 3.22. The molecule has 1 amide bonds. The van der Waals surface area contributed by atoms with Gasteiger partial charge in [-0.3, -0.25) is 4.79 Å². The van der Waals surface area contributed by atoms with Gasteiger partial charge in [-0.15, -0.1) is 11.3 Å². The minimum absolute atomic E-state index is 0.0202. The SMILES string of the molecule is CCCC(=O)Nc1cc(C)nn1-c1nc(-c2cccc(OC)c2)cs1. The Kier molecular flexibility index (Phi) is 5.14. The Morgan fingerprint density at radius 3 is 2.96 bits per heavy atom. The van der Waals surface area contributed by atoms with E-state index in [1.807, 2.05) is 49.6 Å². The Bertz CT molecular complexity index is 885. The van der Waals surface area contributed by atoms with Gasteiger partial charge >= 0.3 is 0 Å². The second kappa shape index (κ2) is 7.48. The van der Waals surface area contributed by atoms with Crippen LogP contribution < -0.4 is 10.1 Å². The molecule has 0 fully saturated rings. The lowest BCUT2D eigenvalue weighted by molar-refractivity contribution is -0.116. The fourth-order valence-corrected chi connectivity index (χ4v) is 3.24. The number of carbonyl (C=O) groups excluding carboxylic acids is 1. The molecular formula is C18H20N4O2S. The minimum atomic E-state index is -0.0202. The first-order valence-electron chi connectivity index (χ1n) is 8.07. The van der Waals surface area contributed by atoms with Gasteiger partial charge in [-0.2, -0.15) is 9.78 Å². The molecule has 0 aliphatic carbocycles. The molecule has 0 bridgehead atoms. The molecule has 3 rings (SSSR count). The summed E-state index contributed by atoms with van der Waals surface area (Å²) in [5.41, 5.74) is 2.64.